The molecule has 0 saturated carbocycles. The second-order valence-corrected chi connectivity index (χ2v) is 5.07. The monoisotopic (exact) mass is 255 g/mol. The van der Waals surface area contributed by atoms with Crippen LogP contribution >= 0.6 is 0 Å². The van der Waals surface area contributed by atoms with Crippen LogP contribution in [-0.2, 0) is 11.3 Å². The number of fused-ring (bicyclic) bond motifs is 1. The van der Waals surface area contributed by atoms with E-state index in [1.807, 2.05) is 35.2 Å². The van der Waals surface area contributed by atoms with Crippen molar-refractivity contribution >= 4 is 16.8 Å². The second kappa shape index (κ2) is 4.97. The summed E-state index contributed by atoms with van der Waals surface area (Å²) in [7, 11) is 0. The van der Waals surface area contributed by atoms with Gasteiger partial charge in [0.2, 0.25) is 5.91 Å². The fourth-order valence-electron chi connectivity index (χ4n) is 2.67. The molecule has 2 aromatic rings. The Labute approximate surface area is 112 Å². The second-order valence-electron chi connectivity index (χ2n) is 5.07. The van der Waals surface area contributed by atoms with Crippen molar-refractivity contribution in [3.05, 3.63) is 42.1 Å². The summed E-state index contributed by atoms with van der Waals surface area (Å²) in [6.07, 6.45) is 2.37. The molecular formula is C15H17N3O. The van der Waals surface area contributed by atoms with Crippen molar-refractivity contribution in [1.29, 1.82) is 0 Å². The van der Waals surface area contributed by atoms with Crippen LogP contribution in [-0.4, -0.2) is 28.9 Å². The molecule has 0 bridgehead atoms. The number of rotatable bonds is 3. The van der Waals surface area contributed by atoms with Crippen LogP contribution in [0.1, 0.15) is 12.0 Å². The maximum atomic E-state index is 11.9. The Morgan fingerprint density at radius 2 is 2.16 bits per heavy atom. The van der Waals surface area contributed by atoms with Crippen LogP contribution in [0.3, 0.4) is 0 Å². The predicted molar refractivity (Wildman–Crippen MR) is 74.3 cm³/mol. The van der Waals surface area contributed by atoms with Gasteiger partial charge in [-0.15, -0.1) is 0 Å². The van der Waals surface area contributed by atoms with Crippen molar-refractivity contribution in [2.75, 3.05) is 13.1 Å². The highest BCUT2D eigenvalue weighted by molar-refractivity contribution is 5.83. The van der Waals surface area contributed by atoms with Crippen molar-refractivity contribution in [3.63, 3.8) is 0 Å². The molecule has 98 valence electrons. The number of likely N-dealkylation sites (tertiary alicyclic amines) is 1. The number of carbonyl (C=O) groups excluding carboxylic acids is 1. The van der Waals surface area contributed by atoms with E-state index in [0.717, 1.165) is 23.0 Å². The van der Waals surface area contributed by atoms with Crippen LogP contribution in [0.15, 0.2) is 36.5 Å². The number of amides is 1. The minimum absolute atomic E-state index is 0.198. The Hall–Kier alpha value is -1.94. The van der Waals surface area contributed by atoms with Crippen LogP contribution < -0.4 is 5.73 Å². The number of nitrogens with two attached hydrogens (primary N) is 1. The highest BCUT2D eigenvalue weighted by atomic mass is 16.2. The number of carbonyl (C=O) groups is 1. The van der Waals surface area contributed by atoms with E-state index in [1.54, 1.807) is 6.20 Å². The summed E-state index contributed by atoms with van der Waals surface area (Å²) in [4.78, 5) is 18.2. The molecule has 1 aliphatic heterocycles. The number of para-hydroxylation sites is 1. The summed E-state index contributed by atoms with van der Waals surface area (Å²) >= 11 is 0. The van der Waals surface area contributed by atoms with Gasteiger partial charge in [-0.2, -0.15) is 0 Å². The number of hydrogen-bond donors (Lipinski definition) is 1. The molecule has 1 saturated heterocycles. The number of hydrogen-bond acceptors (Lipinski definition) is 3. The predicted octanol–water partition coefficient (Wildman–Crippen LogP) is 1.54. The van der Waals surface area contributed by atoms with Crippen molar-refractivity contribution in [2.24, 2.45) is 11.7 Å². The highest BCUT2D eigenvalue weighted by Gasteiger charge is 2.28. The first-order valence-electron chi connectivity index (χ1n) is 6.58. The summed E-state index contributed by atoms with van der Waals surface area (Å²) in [6, 6.07) is 10.1. The van der Waals surface area contributed by atoms with Gasteiger partial charge in [0.05, 0.1) is 5.52 Å². The molecule has 0 aliphatic carbocycles. The maximum absolute atomic E-state index is 11.9. The van der Waals surface area contributed by atoms with E-state index in [0.29, 0.717) is 25.4 Å². The molecule has 1 aliphatic rings. The van der Waals surface area contributed by atoms with E-state index in [-0.39, 0.29) is 5.91 Å². The minimum atomic E-state index is 0.198. The largest absolute Gasteiger partial charge is 0.338 e. The van der Waals surface area contributed by atoms with Crippen LogP contribution in [0.5, 0.6) is 0 Å². The molecule has 1 atom stereocenters. The Bertz CT molecular complexity index is 606. The van der Waals surface area contributed by atoms with Crippen LogP contribution in [0.25, 0.3) is 10.9 Å². The zero-order chi connectivity index (χ0) is 13.2. The molecule has 1 amide bonds. The van der Waals surface area contributed by atoms with Crippen LogP contribution in [0.4, 0.5) is 0 Å². The number of nitrogens with zero attached hydrogens (tertiary/aromatic N) is 2. The molecule has 1 fully saturated rings. The molecule has 2 heterocycles. The standard InChI is InChI=1S/C15H17N3O/c16-8-11-7-14(19)18(9-11)10-13-4-1-3-12-5-2-6-17-15(12)13/h1-6,11H,7-10,16H2. The molecule has 4 heteroatoms. The van der Waals surface area contributed by atoms with E-state index < -0.39 is 0 Å². The smallest absolute Gasteiger partial charge is 0.223 e. The summed E-state index contributed by atoms with van der Waals surface area (Å²) < 4.78 is 0. The number of benzene rings is 1. The molecule has 2 N–H and O–H groups in total. The molecule has 0 radical (unpaired) electrons. The van der Waals surface area contributed by atoms with Gasteiger partial charge in [-0.3, -0.25) is 9.78 Å². The Balaban J connectivity index is 1.88. The fraction of sp³-hybridized carbons (Fsp3) is 0.333. The average molecular weight is 255 g/mol. The first kappa shape index (κ1) is 12.1. The maximum Gasteiger partial charge on any atom is 0.223 e. The average Bonchev–Trinajstić information content (AvgIpc) is 2.80. The van der Waals surface area contributed by atoms with Crippen LogP contribution in [0.2, 0.25) is 0 Å². The zero-order valence-electron chi connectivity index (χ0n) is 10.7. The SMILES string of the molecule is NCC1CC(=O)N(Cc2cccc3cccnc23)C1. The molecule has 4 nitrogen and oxygen atoms in total. The van der Waals surface area contributed by atoms with Gasteiger partial charge in [0, 0.05) is 31.1 Å². The molecular weight excluding hydrogens is 238 g/mol. The summed E-state index contributed by atoms with van der Waals surface area (Å²) in [5, 5.41) is 1.11. The van der Waals surface area contributed by atoms with E-state index in [9.17, 15) is 4.79 Å². The lowest BCUT2D eigenvalue weighted by molar-refractivity contribution is -0.128. The quantitative estimate of drug-likeness (QED) is 0.905. The van der Waals surface area contributed by atoms with Gasteiger partial charge in [-0.25, -0.2) is 0 Å². The van der Waals surface area contributed by atoms with E-state index in [2.05, 4.69) is 4.98 Å². The molecule has 1 unspecified atom stereocenters. The van der Waals surface area contributed by atoms with Crippen molar-refractivity contribution in [2.45, 2.75) is 13.0 Å². The van der Waals surface area contributed by atoms with Gasteiger partial charge in [0.15, 0.2) is 0 Å². The lowest BCUT2D eigenvalue weighted by Crippen LogP contribution is -2.25. The van der Waals surface area contributed by atoms with Gasteiger partial charge in [-0.1, -0.05) is 24.3 Å². The zero-order valence-corrected chi connectivity index (χ0v) is 10.7. The third kappa shape index (κ3) is 2.31. The van der Waals surface area contributed by atoms with Crippen molar-refractivity contribution < 1.29 is 4.79 Å². The lowest BCUT2D eigenvalue weighted by atomic mass is 10.1. The Kier molecular flexibility index (Phi) is 3.17. The third-order valence-corrected chi connectivity index (χ3v) is 3.71. The third-order valence-electron chi connectivity index (χ3n) is 3.71. The summed E-state index contributed by atoms with van der Waals surface area (Å²) in [6.45, 7) is 1.97. The van der Waals surface area contributed by atoms with Gasteiger partial charge in [0.1, 0.15) is 0 Å². The van der Waals surface area contributed by atoms with Gasteiger partial charge < -0.3 is 10.6 Å². The Morgan fingerprint density at radius 3 is 2.95 bits per heavy atom. The highest BCUT2D eigenvalue weighted by Crippen LogP contribution is 2.22. The minimum Gasteiger partial charge on any atom is -0.338 e. The van der Waals surface area contributed by atoms with Crippen molar-refractivity contribution in [1.82, 2.24) is 9.88 Å². The van der Waals surface area contributed by atoms with E-state index in [1.165, 1.54) is 0 Å². The number of aromatic nitrogens is 1. The van der Waals surface area contributed by atoms with Gasteiger partial charge in [0.25, 0.3) is 0 Å². The molecule has 19 heavy (non-hydrogen) atoms. The summed E-state index contributed by atoms with van der Waals surface area (Å²) in [5.41, 5.74) is 7.73. The Morgan fingerprint density at radius 1 is 1.32 bits per heavy atom. The molecule has 1 aromatic carbocycles. The van der Waals surface area contributed by atoms with Crippen LogP contribution in [0, 0.1) is 5.92 Å². The van der Waals surface area contributed by atoms with E-state index >= 15 is 0 Å². The molecule has 0 spiro atoms. The lowest BCUT2D eigenvalue weighted by Gasteiger charge is -2.17. The topological polar surface area (TPSA) is 59.2 Å². The summed E-state index contributed by atoms with van der Waals surface area (Å²) in [5.74, 6) is 0.499. The first-order valence-corrected chi connectivity index (χ1v) is 6.58. The molecule has 3 rings (SSSR count). The fourth-order valence-corrected chi connectivity index (χ4v) is 2.67. The number of pyridine rings is 1. The first-order chi connectivity index (χ1) is 9.28. The van der Waals surface area contributed by atoms with Gasteiger partial charge >= 0.3 is 0 Å². The van der Waals surface area contributed by atoms with E-state index in [4.69, 9.17) is 5.73 Å². The normalized spacial score (nSPS) is 19.3. The van der Waals surface area contributed by atoms with Gasteiger partial charge in [-0.05, 0) is 24.1 Å². The van der Waals surface area contributed by atoms with Crippen molar-refractivity contribution in [3.8, 4) is 0 Å². The molecule has 1 aromatic heterocycles.